The Balaban J connectivity index is 1.96. The second-order valence-corrected chi connectivity index (χ2v) is 9.26. The highest BCUT2D eigenvalue weighted by atomic mass is 32.2. The van der Waals surface area contributed by atoms with Gasteiger partial charge in [-0.2, -0.15) is 4.31 Å². The number of benzene rings is 1. The highest BCUT2D eigenvalue weighted by molar-refractivity contribution is 7.90. The Morgan fingerprint density at radius 2 is 1.71 bits per heavy atom. The van der Waals surface area contributed by atoms with Crippen LogP contribution in [0, 0.1) is 0 Å². The van der Waals surface area contributed by atoms with Gasteiger partial charge in [-0.1, -0.05) is 12.5 Å². The van der Waals surface area contributed by atoms with Crippen molar-refractivity contribution in [1.82, 2.24) is 4.31 Å². The van der Waals surface area contributed by atoms with E-state index in [0.29, 0.717) is 26.2 Å². The van der Waals surface area contributed by atoms with Gasteiger partial charge in [0.05, 0.1) is 29.0 Å². The molecule has 0 bridgehead atoms. The summed E-state index contributed by atoms with van der Waals surface area (Å²) in [6.07, 6.45) is 1.68. The monoisotopic (exact) mass is 376 g/mol. The van der Waals surface area contributed by atoms with Crippen molar-refractivity contribution in [2.24, 2.45) is 5.14 Å². The van der Waals surface area contributed by atoms with Gasteiger partial charge in [-0.05, 0) is 31.0 Å². The van der Waals surface area contributed by atoms with E-state index in [-0.39, 0.29) is 9.79 Å². The van der Waals surface area contributed by atoms with E-state index in [1.807, 2.05) is 0 Å². The molecule has 0 aliphatic carbocycles. The smallest absolute Gasteiger partial charge is 0.243 e. The summed E-state index contributed by atoms with van der Waals surface area (Å²) in [5.74, 6) is 0. The lowest BCUT2D eigenvalue weighted by molar-refractivity contribution is -0.0913. The molecule has 2 fully saturated rings. The zero-order valence-corrected chi connectivity index (χ0v) is 14.6. The highest BCUT2D eigenvalue weighted by Gasteiger charge is 2.40. The van der Waals surface area contributed by atoms with Crippen LogP contribution in [-0.2, 0) is 29.5 Å². The number of primary sulfonamides is 1. The van der Waals surface area contributed by atoms with E-state index in [1.165, 1.54) is 22.5 Å². The number of hydrogen-bond donors (Lipinski definition) is 1. The maximum Gasteiger partial charge on any atom is 0.243 e. The third kappa shape index (κ3) is 3.48. The van der Waals surface area contributed by atoms with E-state index in [4.69, 9.17) is 14.6 Å². The molecular formula is C14H20N2O6S2. The van der Waals surface area contributed by atoms with Crippen LogP contribution in [0.3, 0.4) is 0 Å². The fourth-order valence-electron chi connectivity index (χ4n) is 3.05. The van der Waals surface area contributed by atoms with Crippen LogP contribution in [0.5, 0.6) is 0 Å². The molecule has 0 spiro atoms. The minimum atomic E-state index is -3.98. The predicted molar refractivity (Wildman–Crippen MR) is 85.0 cm³/mol. The van der Waals surface area contributed by atoms with Crippen LogP contribution in [0.2, 0.25) is 0 Å². The zero-order valence-electron chi connectivity index (χ0n) is 13.0. The maximum atomic E-state index is 13.0. The first kappa shape index (κ1) is 17.8. The number of nitrogens with two attached hydrogens (primary N) is 1. The fraction of sp³-hybridized carbons (Fsp3) is 0.571. The van der Waals surface area contributed by atoms with Gasteiger partial charge >= 0.3 is 0 Å². The first-order valence-corrected chi connectivity index (χ1v) is 10.7. The summed E-state index contributed by atoms with van der Waals surface area (Å²) in [5, 5.41) is 5.10. The molecule has 2 saturated heterocycles. The number of nitrogens with zero attached hydrogens (tertiary/aromatic N) is 1. The van der Waals surface area contributed by atoms with Crippen LogP contribution in [0.4, 0.5) is 0 Å². The van der Waals surface area contributed by atoms with Crippen molar-refractivity contribution in [3.05, 3.63) is 24.3 Å². The molecule has 1 aromatic carbocycles. The lowest BCUT2D eigenvalue weighted by Crippen LogP contribution is -2.50. The van der Waals surface area contributed by atoms with E-state index in [1.54, 1.807) is 0 Å². The molecule has 1 aromatic rings. The van der Waals surface area contributed by atoms with Gasteiger partial charge < -0.3 is 9.47 Å². The summed E-state index contributed by atoms with van der Waals surface area (Å²) in [7, 11) is -7.86. The summed E-state index contributed by atoms with van der Waals surface area (Å²) < 4.78 is 61.3. The lowest BCUT2D eigenvalue weighted by atomic mass is 10.0. The second-order valence-electron chi connectivity index (χ2n) is 5.81. The predicted octanol–water partition coefficient (Wildman–Crippen LogP) is 0.250. The number of hydrogen-bond acceptors (Lipinski definition) is 6. The van der Waals surface area contributed by atoms with Crippen LogP contribution in [-0.4, -0.2) is 53.2 Å². The summed E-state index contributed by atoms with van der Waals surface area (Å²) in [6, 6.07) is 4.68. The standard InChI is InChI=1S/C14H20N2O6S2/c15-23(17,18)11-4-3-5-12(10-11)24(19,20)16-7-2-1-6-13(16)14-21-8-9-22-14/h3-5,10,13-14H,1-2,6-9H2,(H2,15,17,18). The summed E-state index contributed by atoms with van der Waals surface area (Å²) >= 11 is 0. The molecule has 2 aliphatic rings. The third-order valence-electron chi connectivity index (χ3n) is 4.20. The van der Waals surface area contributed by atoms with Crippen molar-refractivity contribution in [3.8, 4) is 0 Å². The Bertz CT molecular complexity index is 802. The average Bonchev–Trinajstić information content (AvgIpc) is 3.08. The molecule has 24 heavy (non-hydrogen) atoms. The van der Waals surface area contributed by atoms with Gasteiger partial charge in [-0.15, -0.1) is 0 Å². The number of sulfonamides is 2. The van der Waals surface area contributed by atoms with Crippen LogP contribution >= 0.6 is 0 Å². The number of rotatable bonds is 4. The molecule has 0 saturated carbocycles. The molecule has 2 N–H and O–H groups in total. The molecule has 134 valence electrons. The van der Waals surface area contributed by atoms with E-state index < -0.39 is 32.4 Å². The Morgan fingerprint density at radius 1 is 1.04 bits per heavy atom. The van der Waals surface area contributed by atoms with Gasteiger partial charge in [0.2, 0.25) is 20.0 Å². The molecule has 2 aliphatic heterocycles. The minimum Gasteiger partial charge on any atom is -0.349 e. The van der Waals surface area contributed by atoms with Gasteiger partial charge in [-0.3, -0.25) is 0 Å². The Morgan fingerprint density at radius 3 is 2.38 bits per heavy atom. The van der Waals surface area contributed by atoms with Crippen molar-refractivity contribution < 1.29 is 26.3 Å². The molecular weight excluding hydrogens is 356 g/mol. The molecule has 1 atom stereocenters. The van der Waals surface area contributed by atoms with Crippen molar-refractivity contribution in [2.75, 3.05) is 19.8 Å². The lowest BCUT2D eigenvalue weighted by Gasteiger charge is -2.36. The molecule has 1 unspecified atom stereocenters. The molecule has 8 nitrogen and oxygen atoms in total. The number of ether oxygens (including phenoxy) is 2. The van der Waals surface area contributed by atoms with E-state index in [9.17, 15) is 16.8 Å². The van der Waals surface area contributed by atoms with Crippen molar-refractivity contribution >= 4 is 20.0 Å². The molecule has 10 heteroatoms. The first-order valence-electron chi connectivity index (χ1n) is 7.68. The third-order valence-corrected chi connectivity index (χ3v) is 7.03. The fourth-order valence-corrected chi connectivity index (χ4v) is 5.41. The minimum absolute atomic E-state index is 0.0982. The number of piperidine rings is 1. The average molecular weight is 376 g/mol. The second kappa shape index (κ2) is 6.70. The summed E-state index contributed by atoms with van der Waals surface area (Å²) in [4.78, 5) is -0.329. The van der Waals surface area contributed by atoms with E-state index in [2.05, 4.69) is 0 Å². The van der Waals surface area contributed by atoms with E-state index >= 15 is 0 Å². The van der Waals surface area contributed by atoms with Crippen LogP contribution in [0.25, 0.3) is 0 Å². The topological polar surface area (TPSA) is 116 Å². The van der Waals surface area contributed by atoms with Crippen LogP contribution < -0.4 is 5.14 Å². The first-order chi connectivity index (χ1) is 11.3. The molecule has 0 amide bonds. The van der Waals surface area contributed by atoms with Gasteiger partial charge in [0.1, 0.15) is 0 Å². The van der Waals surface area contributed by atoms with E-state index in [0.717, 1.165) is 18.9 Å². The van der Waals surface area contributed by atoms with Crippen molar-refractivity contribution in [3.63, 3.8) is 0 Å². The van der Waals surface area contributed by atoms with Gasteiger partial charge in [0.15, 0.2) is 6.29 Å². The summed E-state index contributed by atoms with van der Waals surface area (Å²) in [6.45, 7) is 1.22. The van der Waals surface area contributed by atoms with Crippen molar-refractivity contribution in [2.45, 2.75) is 41.4 Å². The quantitative estimate of drug-likeness (QED) is 0.805. The van der Waals surface area contributed by atoms with Gasteiger partial charge in [0, 0.05) is 6.54 Å². The normalized spacial score (nSPS) is 24.3. The largest absolute Gasteiger partial charge is 0.349 e. The molecule has 2 heterocycles. The molecule has 3 rings (SSSR count). The van der Waals surface area contributed by atoms with Gasteiger partial charge in [-0.25, -0.2) is 22.0 Å². The summed E-state index contributed by atoms with van der Waals surface area (Å²) in [5.41, 5.74) is 0. The van der Waals surface area contributed by atoms with Crippen LogP contribution in [0.1, 0.15) is 19.3 Å². The Hall–Kier alpha value is -1.04. The highest BCUT2D eigenvalue weighted by Crippen LogP contribution is 2.30. The zero-order chi connectivity index (χ0) is 17.4. The van der Waals surface area contributed by atoms with Gasteiger partial charge in [0.25, 0.3) is 0 Å². The molecule has 0 aromatic heterocycles. The molecule has 0 radical (unpaired) electrons. The van der Waals surface area contributed by atoms with Crippen molar-refractivity contribution in [1.29, 1.82) is 0 Å². The van der Waals surface area contributed by atoms with Crippen LogP contribution in [0.15, 0.2) is 34.1 Å². The Labute approximate surface area is 141 Å². The SMILES string of the molecule is NS(=O)(=O)c1cccc(S(=O)(=O)N2CCCCC2C2OCCO2)c1. The maximum absolute atomic E-state index is 13.0. The Kier molecular flexibility index (Phi) is 4.96.